The second-order valence-electron chi connectivity index (χ2n) is 2.81. The summed E-state index contributed by atoms with van der Waals surface area (Å²) in [5, 5.41) is 27.4. The van der Waals surface area contributed by atoms with E-state index in [1.807, 2.05) is 0 Å². The van der Waals surface area contributed by atoms with Gasteiger partial charge in [-0.15, -0.1) is 0 Å². The van der Waals surface area contributed by atoms with Crippen LogP contribution in [0, 0.1) is 132 Å². The van der Waals surface area contributed by atoms with Gasteiger partial charge in [0.25, 0.3) is 0 Å². The molecule has 1 rings (SSSR count). The monoisotopic (exact) mass is 859 g/mol. The average Bonchev–Trinajstić information content (AvgIpc) is 2.06. The van der Waals surface area contributed by atoms with Crippen molar-refractivity contribution >= 4 is 0 Å². The van der Waals surface area contributed by atoms with Gasteiger partial charge in [-0.2, -0.15) is 0 Å². The maximum Gasteiger partial charge on any atom is 0.114 e. The molecule has 1 aliphatic heterocycles. The molecule has 4 atom stereocenters. The summed E-state index contributed by atoms with van der Waals surface area (Å²) in [6.45, 7) is -0.186. The fourth-order valence-electron chi connectivity index (χ4n) is 1.31. The van der Waals surface area contributed by atoms with Gasteiger partial charge in [0, 0.05) is 139 Å². The topological polar surface area (TPSA) is 79.2 Å². The van der Waals surface area contributed by atoms with Crippen molar-refractivity contribution in [1.82, 2.24) is 0 Å². The first-order valence-electron chi connectivity index (χ1n) is 3.82. The van der Waals surface area contributed by atoms with Crippen LogP contribution in [0.1, 0.15) is 0 Å². The number of aliphatic hydroxyl groups is 3. The first-order valence-corrected chi connectivity index (χ1v) is 3.82. The van der Waals surface area contributed by atoms with Gasteiger partial charge in [-0.05, 0) is 0 Å². The van der Waals surface area contributed by atoms with Crippen LogP contribution in [0.15, 0.2) is 0 Å². The van der Waals surface area contributed by atoms with Gasteiger partial charge in [0.2, 0.25) is 0 Å². The third kappa shape index (κ3) is 7.47. The van der Waals surface area contributed by atoms with Gasteiger partial charge in [0.15, 0.2) is 0 Å². The zero-order chi connectivity index (χ0) is 9.14. The zero-order valence-corrected chi connectivity index (χ0v) is 22.9. The normalized spacial score (nSPS) is 34.4. The van der Waals surface area contributed by atoms with Gasteiger partial charge in [-0.25, -0.2) is 0 Å². The number of methoxy groups -OCH3 is 1. The number of hydrogen-bond acceptors (Lipinski definition) is 5. The predicted molar refractivity (Wildman–Crippen MR) is 39.6 cm³/mol. The van der Waals surface area contributed by atoms with Crippen LogP contribution in [0.2, 0.25) is 0 Å². The van der Waals surface area contributed by atoms with Crippen LogP contribution in [0.5, 0.6) is 0 Å². The van der Waals surface area contributed by atoms with E-state index < -0.39 is 24.4 Å². The van der Waals surface area contributed by atoms with Crippen LogP contribution in [0.25, 0.3) is 0 Å². The Morgan fingerprint density at radius 2 is 1.80 bits per heavy atom. The fraction of sp³-hybridized carbons (Fsp3) is 1.00. The van der Waals surface area contributed by atoms with Crippen molar-refractivity contribution in [2.24, 2.45) is 0 Å². The molecule has 3 N–H and O–H groups in total. The molecule has 1 aliphatic rings. The number of ether oxygens (including phenoxy) is 2. The number of aliphatic hydroxyl groups excluding tert-OH is 3. The molecule has 1 heterocycles. The first-order chi connectivity index (χ1) is 5.70. The van der Waals surface area contributed by atoms with E-state index in [1.165, 1.54) is 7.11 Å². The maximum absolute atomic E-state index is 9.43. The molecule has 0 amide bonds. The van der Waals surface area contributed by atoms with E-state index in [0.29, 0.717) is 0 Å². The van der Waals surface area contributed by atoms with Gasteiger partial charge < -0.3 is 24.8 Å². The molecule has 3 unspecified atom stereocenters. The summed E-state index contributed by atoms with van der Waals surface area (Å²) in [6, 6.07) is 0. The molecule has 0 aromatic rings. The zero-order valence-electron chi connectivity index (χ0n) is 8.61. The Morgan fingerprint density at radius 1 is 1.27 bits per heavy atom. The Balaban J connectivity index is -0.000000480. The molecule has 1 fully saturated rings. The van der Waals surface area contributed by atoms with Crippen LogP contribution in [0.3, 0.4) is 0 Å². The van der Waals surface area contributed by atoms with Gasteiger partial charge in [0.1, 0.15) is 24.4 Å². The summed E-state index contributed by atoms with van der Waals surface area (Å²) in [7, 11) is 1.40. The van der Waals surface area contributed by atoms with Crippen molar-refractivity contribution in [2.75, 3.05) is 20.3 Å². The van der Waals surface area contributed by atoms with Crippen molar-refractivity contribution < 1.29 is 157 Å². The smallest absolute Gasteiger partial charge is 0.114 e. The second kappa shape index (κ2) is 13.1. The van der Waals surface area contributed by atoms with Crippen molar-refractivity contribution in [3.63, 3.8) is 0 Å². The summed E-state index contributed by atoms with van der Waals surface area (Å²) in [6.07, 6.45) is -3.12. The summed E-state index contributed by atoms with van der Waals surface area (Å²) in [5.74, 6) is 0. The van der Waals surface area contributed by atoms with E-state index in [1.54, 1.807) is 0 Å². The van der Waals surface area contributed by atoms with Crippen molar-refractivity contribution in [1.29, 1.82) is 0 Å². The Kier molecular flexibility index (Phi) is 21.1. The van der Waals surface area contributed by atoms with E-state index in [4.69, 9.17) is 14.6 Å². The largest absolute Gasteiger partial charge is 0.394 e. The molecule has 0 aliphatic carbocycles. The minimum absolute atomic E-state index is 0. The van der Waals surface area contributed by atoms with E-state index in [9.17, 15) is 10.2 Å². The Labute approximate surface area is 197 Å². The molecular formula is C7H14Ac3O5. The van der Waals surface area contributed by atoms with Gasteiger partial charge >= 0.3 is 0 Å². The van der Waals surface area contributed by atoms with Crippen LogP contribution >= 0.6 is 0 Å². The predicted octanol–water partition coefficient (Wildman–Crippen LogP) is -1.89. The van der Waals surface area contributed by atoms with Gasteiger partial charge in [-0.1, -0.05) is 0 Å². The molecule has 0 bridgehead atoms. The molecule has 8 heteroatoms. The number of hydrogen-bond donors (Lipinski definition) is 3. The minimum atomic E-state index is -0.969. The third-order valence-corrected chi connectivity index (χ3v) is 2.03. The molecule has 0 saturated carbocycles. The average molecular weight is 859 g/mol. The van der Waals surface area contributed by atoms with E-state index in [-0.39, 0.29) is 145 Å². The van der Waals surface area contributed by atoms with Gasteiger partial charge in [-0.3, -0.25) is 0 Å². The quantitative estimate of drug-likeness (QED) is 0.304. The van der Waals surface area contributed by atoms with Crippen molar-refractivity contribution in [3.8, 4) is 0 Å². The molecular weight excluding hydrogens is 845 g/mol. The fourth-order valence-corrected chi connectivity index (χ4v) is 1.31. The van der Waals surface area contributed by atoms with Crippen LogP contribution in [0.4, 0.5) is 0 Å². The van der Waals surface area contributed by atoms with Crippen LogP contribution < -0.4 is 0 Å². The van der Waals surface area contributed by atoms with Crippen molar-refractivity contribution in [3.05, 3.63) is 0 Å². The molecule has 5 nitrogen and oxygen atoms in total. The summed E-state index contributed by atoms with van der Waals surface area (Å²) < 4.78 is 9.81. The van der Waals surface area contributed by atoms with Crippen molar-refractivity contribution in [2.45, 2.75) is 24.4 Å². The summed E-state index contributed by atoms with van der Waals surface area (Å²) >= 11 is 0. The molecule has 0 aromatic carbocycles. The Bertz CT molecular complexity index is 151. The minimum Gasteiger partial charge on any atom is -0.394 e. The third-order valence-electron chi connectivity index (χ3n) is 2.03. The Hall–Kier alpha value is 4.12. The second-order valence-corrected chi connectivity index (χ2v) is 2.81. The SMILES string of the molecule is COC1C(O)COC(CO)[C@@H]1O.[Ac].[Ac].[Ac]. The van der Waals surface area contributed by atoms with E-state index in [2.05, 4.69) is 0 Å². The van der Waals surface area contributed by atoms with Gasteiger partial charge in [0.05, 0.1) is 13.2 Å². The maximum atomic E-state index is 9.43. The summed E-state index contributed by atoms with van der Waals surface area (Å²) in [4.78, 5) is 0. The van der Waals surface area contributed by atoms with Crippen LogP contribution in [-0.2, 0) is 9.47 Å². The molecule has 0 aromatic heterocycles. The van der Waals surface area contributed by atoms with E-state index >= 15 is 0 Å². The molecule has 3 radical (unpaired) electrons. The molecule has 0 spiro atoms. The standard InChI is InChI=1S/C7H14O5.3Ac/c1-11-7-4(9)3-12-5(2-8)6(7)10;;;/h4-10H,2-3H2,1H3;;;/t4?,5?,6-,7?;;;/m0.../s1. The van der Waals surface area contributed by atoms with Crippen LogP contribution in [-0.4, -0.2) is 60.1 Å². The Morgan fingerprint density at radius 3 is 2.20 bits per heavy atom. The van der Waals surface area contributed by atoms with E-state index in [0.717, 1.165) is 0 Å². The summed E-state index contributed by atoms with van der Waals surface area (Å²) in [5.41, 5.74) is 0. The first kappa shape index (κ1) is 24.2. The molecule has 15 heavy (non-hydrogen) atoms. The number of rotatable bonds is 2. The molecule has 1 saturated heterocycles. The molecule has 81 valence electrons.